The second kappa shape index (κ2) is 6.17. The van der Waals surface area contributed by atoms with Gasteiger partial charge in [0.2, 0.25) is 0 Å². The van der Waals surface area contributed by atoms with Crippen LogP contribution in [0.15, 0.2) is 11.1 Å². The average Bonchev–Trinajstić information content (AvgIpc) is 2.65. The zero-order chi connectivity index (χ0) is 9.52. The summed E-state index contributed by atoms with van der Waals surface area (Å²) in [7, 11) is 1.78. The molecule has 0 amide bonds. The fourth-order valence-electron chi connectivity index (χ4n) is 2.00. The summed E-state index contributed by atoms with van der Waals surface area (Å²) in [5.74, 6) is 0. The van der Waals surface area contributed by atoms with Crippen molar-refractivity contribution in [2.75, 3.05) is 20.3 Å². The number of allylic oxidation sites excluding steroid dienone is 1. The first kappa shape index (κ1) is 10.7. The van der Waals surface area contributed by atoms with Crippen molar-refractivity contribution < 1.29 is 4.74 Å². The molecule has 0 saturated heterocycles. The first-order valence-corrected chi connectivity index (χ1v) is 5.27. The minimum absolute atomic E-state index is 0.792. The molecule has 13 heavy (non-hydrogen) atoms. The first-order valence-electron chi connectivity index (χ1n) is 5.27. The molecule has 0 atom stereocenters. The summed E-state index contributed by atoms with van der Waals surface area (Å²) < 4.78 is 5.21. The molecule has 0 radical (unpaired) electrons. The SMILES string of the molecule is COCC(CCCN)=C1CCCC1. The monoisotopic (exact) mass is 183 g/mol. The van der Waals surface area contributed by atoms with Crippen LogP contribution in [0.3, 0.4) is 0 Å². The van der Waals surface area contributed by atoms with Crippen LogP contribution in [0.5, 0.6) is 0 Å². The molecule has 76 valence electrons. The van der Waals surface area contributed by atoms with Gasteiger partial charge in [-0.2, -0.15) is 0 Å². The molecule has 0 spiro atoms. The second-order valence-corrected chi connectivity index (χ2v) is 3.74. The molecule has 2 nitrogen and oxygen atoms in total. The van der Waals surface area contributed by atoms with Crippen molar-refractivity contribution in [3.63, 3.8) is 0 Å². The predicted octanol–water partition coefficient (Wildman–Crippen LogP) is 2.24. The van der Waals surface area contributed by atoms with E-state index in [1.54, 1.807) is 12.7 Å². The van der Waals surface area contributed by atoms with Gasteiger partial charge in [-0.05, 0) is 50.6 Å². The third kappa shape index (κ3) is 3.49. The van der Waals surface area contributed by atoms with Crippen LogP contribution in [0, 0.1) is 0 Å². The van der Waals surface area contributed by atoms with Crippen molar-refractivity contribution in [1.82, 2.24) is 0 Å². The number of methoxy groups -OCH3 is 1. The molecule has 0 bridgehead atoms. The highest BCUT2D eigenvalue weighted by Crippen LogP contribution is 2.28. The van der Waals surface area contributed by atoms with Gasteiger partial charge >= 0.3 is 0 Å². The van der Waals surface area contributed by atoms with Crippen LogP contribution in [0.4, 0.5) is 0 Å². The molecule has 2 heteroatoms. The molecule has 0 aromatic rings. The molecule has 1 saturated carbocycles. The Balaban J connectivity index is 2.48. The standard InChI is InChI=1S/C11H21NO/c1-13-9-11(7-4-8-12)10-5-2-3-6-10/h2-9,12H2,1H3. The zero-order valence-electron chi connectivity index (χ0n) is 8.64. The molecule has 2 N–H and O–H groups in total. The Labute approximate surface area is 81.1 Å². The molecule has 0 aromatic heterocycles. The topological polar surface area (TPSA) is 35.2 Å². The van der Waals surface area contributed by atoms with E-state index in [9.17, 15) is 0 Å². The minimum atomic E-state index is 0.792. The number of rotatable bonds is 5. The molecule has 1 fully saturated rings. The highest BCUT2D eigenvalue weighted by atomic mass is 16.5. The van der Waals surface area contributed by atoms with Gasteiger partial charge in [-0.3, -0.25) is 0 Å². The smallest absolute Gasteiger partial charge is 0.0675 e. The van der Waals surface area contributed by atoms with Crippen molar-refractivity contribution in [1.29, 1.82) is 0 Å². The fourth-order valence-corrected chi connectivity index (χ4v) is 2.00. The lowest BCUT2D eigenvalue weighted by Crippen LogP contribution is -2.03. The molecule has 1 rings (SSSR count). The Hall–Kier alpha value is -0.340. The Morgan fingerprint density at radius 1 is 1.38 bits per heavy atom. The van der Waals surface area contributed by atoms with Gasteiger partial charge in [0.15, 0.2) is 0 Å². The normalized spacial score (nSPS) is 16.6. The quantitative estimate of drug-likeness (QED) is 0.663. The zero-order valence-corrected chi connectivity index (χ0v) is 8.64. The van der Waals surface area contributed by atoms with Gasteiger partial charge in [-0.15, -0.1) is 0 Å². The van der Waals surface area contributed by atoms with Crippen LogP contribution < -0.4 is 5.73 Å². The molecule has 0 unspecified atom stereocenters. The summed E-state index contributed by atoms with van der Waals surface area (Å²) in [6.45, 7) is 1.61. The van der Waals surface area contributed by atoms with Gasteiger partial charge < -0.3 is 10.5 Å². The van der Waals surface area contributed by atoms with Crippen molar-refractivity contribution >= 4 is 0 Å². The van der Waals surface area contributed by atoms with Crippen LogP contribution in [0.1, 0.15) is 38.5 Å². The molecular formula is C11H21NO. The summed E-state index contributed by atoms with van der Waals surface area (Å²) in [6.07, 6.45) is 7.56. The fraction of sp³-hybridized carbons (Fsp3) is 0.818. The molecular weight excluding hydrogens is 162 g/mol. The first-order chi connectivity index (χ1) is 6.38. The van der Waals surface area contributed by atoms with Gasteiger partial charge in [-0.25, -0.2) is 0 Å². The van der Waals surface area contributed by atoms with Crippen molar-refractivity contribution in [3.05, 3.63) is 11.1 Å². The average molecular weight is 183 g/mol. The Morgan fingerprint density at radius 2 is 2.08 bits per heavy atom. The van der Waals surface area contributed by atoms with E-state index in [0.717, 1.165) is 26.0 Å². The lowest BCUT2D eigenvalue weighted by atomic mass is 10.0. The number of hydrogen-bond acceptors (Lipinski definition) is 2. The van der Waals surface area contributed by atoms with Crippen molar-refractivity contribution in [3.8, 4) is 0 Å². The highest BCUT2D eigenvalue weighted by Gasteiger charge is 2.11. The van der Waals surface area contributed by atoms with Gasteiger partial charge in [0.25, 0.3) is 0 Å². The minimum Gasteiger partial charge on any atom is -0.380 e. The van der Waals surface area contributed by atoms with E-state index < -0.39 is 0 Å². The maximum atomic E-state index is 5.51. The van der Waals surface area contributed by atoms with Crippen molar-refractivity contribution in [2.24, 2.45) is 5.73 Å². The lowest BCUT2D eigenvalue weighted by Gasteiger charge is -2.09. The van der Waals surface area contributed by atoms with E-state index >= 15 is 0 Å². The second-order valence-electron chi connectivity index (χ2n) is 3.74. The largest absolute Gasteiger partial charge is 0.380 e. The summed E-state index contributed by atoms with van der Waals surface area (Å²) in [5.41, 5.74) is 8.68. The van der Waals surface area contributed by atoms with Gasteiger partial charge in [0.05, 0.1) is 6.61 Å². The number of hydrogen-bond donors (Lipinski definition) is 1. The van der Waals surface area contributed by atoms with Gasteiger partial charge in [0, 0.05) is 7.11 Å². The molecule has 1 aliphatic carbocycles. The van der Waals surface area contributed by atoms with Gasteiger partial charge in [-0.1, -0.05) is 5.57 Å². The van der Waals surface area contributed by atoms with Gasteiger partial charge in [0.1, 0.15) is 0 Å². The molecule has 0 aromatic carbocycles. The van der Waals surface area contributed by atoms with E-state index in [1.165, 1.54) is 31.3 Å². The van der Waals surface area contributed by atoms with Crippen LogP contribution in [-0.2, 0) is 4.74 Å². The van der Waals surface area contributed by atoms with Crippen LogP contribution in [-0.4, -0.2) is 20.3 Å². The molecule has 0 heterocycles. The van der Waals surface area contributed by atoms with E-state index in [4.69, 9.17) is 10.5 Å². The van der Waals surface area contributed by atoms with E-state index in [-0.39, 0.29) is 0 Å². The Morgan fingerprint density at radius 3 is 2.62 bits per heavy atom. The summed E-state index contributed by atoms with van der Waals surface area (Å²) in [4.78, 5) is 0. The Bertz CT molecular complexity index is 167. The van der Waals surface area contributed by atoms with Crippen molar-refractivity contribution in [2.45, 2.75) is 38.5 Å². The number of nitrogens with two attached hydrogens (primary N) is 1. The summed E-state index contributed by atoms with van der Waals surface area (Å²) in [6, 6.07) is 0. The third-order valence-electron chi connectivity index (χ3n) is 2.71. The predicted molar refractivity (Wildman–Crippen MR) is 55.7 cm³/mol. The van der Waals surface area contributed by atoms with E-state index in [2.05, 4.69) is 0 Å². The van der Waals surface area contributed by atoms with Crippen LogP contribution >= 0.6 is 0 Å². The highest BCUT2D eigenvalue weighted by molar-refractivity contribution is 5.17. The third-order valence-corrected chi connectivity index (χ3v) is 2.71. The van der Waals surface area contributed by atoms with E-state index in [0.29, 0.717) is 0 Å². The van der Waals surface area contributed by atoms with Crippen LogP contribution in [0.25, 0.3) is 0 Å². The maximum absolute atomic E-state index is 5.51. The summed E-state index contributed by atoms with van der Waals surface area (Å²) >= 11 is 0. The number of ether oxygens (including phenoxy) is 1. The Kier molecular flexibility index (Phi) is 5.09. The molecule has 0 aliphatic heterocycles. The molecule has 1 aliphatic rings. The lowest BCUT2D eigenvalue weighted by molar-refractivity contribution is 0.221. The van der Waals surface area contributed by atoms with Crippen LogP contribution in [0.2, 0.25) is 0 Å². The summed E-state index contributed by atoms with van der Waals surface area (Å²) in [5, 5.41) is 0. The maximum Gasteiger partial charge on any atom is 0.0675 e. The van der Waals surface area contributed by atoms with E-state index in [1.807, 2.05) is 0 Å².